The third-order valence-electron chi connectivity index (χ3n) is 7.03. The third-order valence-corrected chi connectivity index (χ3v) is 7.03. The lowest BCUT2D eigenvalue weighted by atomic mass is 9.91. The summed E-state index contributed by atoms with van der Waals surface area (Å²) < 4.78 is 2.43. The molecule has 1 aromatic carbocycles. The summed E-state index contributed by atoms with van der Waals surface area (Å²) in [6.07, 6.45) is 9.00. The van der Waals surface area contributed by atoms with Crippen molar-refractivity contribution in [3.63, 3.8) is 0 Å². The summed E-state index contributed by atoms with van der Waals surface area (Å²) >= 11 is 0. The van der Waals surface area contributed by atoms with Crippen LogP contribution in [0.5, 0.6) is 0 Å². The van der Waals surface area contributed by atoms with Crippen LogP contribution in [0.4, 0.5) is 5.82 Å². The van der Waals surface area contributed by atoms with Gasteiger partial charge in [0, 0.05) is 63.8 Å². The van der Waals surface area contributed by atoms with Crippen LogP contribution in [0.15, 0.2) is 30.6 Å². The van der Waals surface area contributed by atoms with Crippen LogP contribution in [0.25, 0.3) is 22.3 Å². The zero-order valence-electron chi connectivity index (χ0n) is 17.4. The molecule has 1 saturated heterocycles. The Morgan fingerprint density at radius 3 is 2.60 bits per heavy atom. The van der Waals surface area contributed by atoms with Crippen LogP contribution in [-0.2, 0) is 13.0 Å². The van der Waals surface area contributed by atoms with Crippen molar-refractivity contribution in [2.45, 2.75) is 38.3 Å². The highest BCUT2D eigenvalue weighted by Crippen LogP contribution is 2.29. The summed E-state index contributed by atoms with van der Waals surface area (Å²) in [7, 11) is 0. The van der Waals surface area contributed by atoms with Gasteiger partial charge in [0.15, 0.2) is 0 Å². The highest BCUT2D eigenvalue weighted by molar-refractivity contribution is 5.82. The molecule has 0 atom stereocenters. The van der Waals surface area contributed by atoms with Gasteiger partial charge in [-0.05, 0) is 25.0 Å². The fourth-order valence-corrected chi connectivity index (χ4v) is 5.01. The normalized spacial score (nSPS) is 20.7. The van der Waals surface area contributed by atoms with Crippen LogP contribution in [-0.4, -0.2) is 69.7 Å². The Morgan fingerprint density at radius 1 is 0.933 bits per heavy atom. The summed E-state index contributed by atoms with van der Waals surface area (Å²) in [5.41, 5.74) is 4.32. The van der Waals surface area contributed by atoms with E-state index in [2.05, 4.69) is 42.9 Å². The number of benzene rings is 1. The quantitative estimate of drug-likeness (QED) is 0.724. The number of nitrogens with zero attached hydrogens (tertiary/aromatic N) is 6. The Morgan fingerprint density at radius 2 is 1.83 bits per heavy atom. The van der Waals surface area contributed by atoms with Crippen LogP contribution >= 0.6 is 0 Å². The maximum atomic E-state index is 5.00. The number of anilines is 1. The number of fused-ring (bicyclic) bond motifs is 3. The van der Waals surface area contributed by atoms with E-state index in [-0.39, 0.29) is 0 Å². The molecule has 6 rings (SSSR count). The molecule has 30 heavy (non-hydrogen) atoms. The lowest BCUT2D eigenvalue weighted by molar-refractivity contribution is 0.130. The van der Waals surface area contributed by atoms with Crippen LogP contribution in [0.2, 0.25) is 0 Å². The summed E-state index contributed by atoms with van der Waals surface area (Å²) in [6.45, 7) is 7.30. The van der Waals surface area contributed by atoms with E-state index >= 15 is 0 Å². The molecule has 3 aliphatic rings. The van der Waals surface area contributed by atoms with Crippen LogP contribution in [0.3, 0.4) is 0 Å². The second-order valence-electron chi connectivity index (χ2n) is 8.75. The molecule has 4 heterocycles. The van der Waals surface area contributed by atoms with Gasteiger partial charge in [0.2, 0.25) is 0 Å². The number of nitrogens with one attached hydrogen (secondary N) is 1. The summed E-state index contributed by atoms with van der Waals surface area (Å²) in [6, 6.07) is 7.37. The molecule has 0 radical (unpaired) electrons. The Kier molecular flexibility index (Phi) is 4.65. The fourth-order valence-electron chi connectivity index (χ4n) is 5.01. The van der Waals surface area contributed by atoms with Crippen molar-refractivity contribution < 1.29 is 0 Å². The van der Waals surface area contributed by atoms with Crippen LogP contribution < -0.4 is 10.2 Å². The summed E-state index contributed by atoms with van der Waals surface area (Å²) in [4.78, 5) is 19.3. The van der Waals surface area contributed by atoms with E-state index in [0.29, 0.717) is 0 Å². The van der Waals surface area contributed by atoms with Crippen molar-refractivity contribution in [2.24, 2.45) is 0 Å². The molecule has 7 nitrogen and oxygen atoms in total. The maximum Gasteiger partial charge on any atom is 0.147 e. The van der Waals surface area contributed by atoms with Gasteiger partial charge < -0.3 is 14.8 Å². The molecule has 0 bridgehead atoms. The predicted octanol–water partition coefficient (Wildman–Crippen LogP) is 2.31. The molecular formula is C23H29N7. The van der Waals surface area contributed by atoms with Crippen LogP contribution in [0, 0.1) is 0 Å². The van der Waals surface area contributed by atoms with Gasteiger partial charge in [0.25, 0.3) is 0 Å². The summed E-state index contributed by atoms with van der Waals surface area (Å²) in [5.74, 6) is 2.19. The molecule has 156 valence electrons. The molecule has 7 heteroatoms. The average molecular weight is 404 g/mol. The molecule has 1 saturated carbocycles. The van der Waals surface area contributed by atoms with Gasteiger partial charge >= 0.3 is 0 Å². The number of rotatable bonds is 3. The van der Waals surface area contributed by atoms with Gasteiger partial charge in [-0.15, -0.1) is 0 Å². The molecule has 1 N–H and O–H groups in total. The Bertz CT molecular complexity index is 1030. The number of imidazole rings is 1. The van der Waals surface area contributed by atoms with E-state index in [1.54, 1.807) is 0 Å². The first-order valence-electron chi connectivity index (χ1n) is 11.4. The topological polar surface area (TPSA) is 62.1 Å². The molecule has 0 amide bonds. The third kappa shape index (κ3) is 3.26. The van der Waals surface area contributed by atoms with Gasteiger partial charge in [0.05, 0.1) is 29.1 Å². The van der Waals surface area contributed by atoms with E-state index in [9.17, 15) is 0 Å². The van der Waals surface area contributed by atoms with Crippen molar-refractivity contribution in [3.05, 3.63) is 36.4 Å². The Labute approximate surface area is 177 Å². The van der Waals surface area contributed by atoms with E-state index < -0.39 is 0 Å². The average Bonchev–Trinajstić information content (AvgIpc) is 2.99. The van der Waals surface area contributed by atoms with Crippen molar-refractivity contribution in [3.8, 4) is 11.3 Å². The van der Waals surface area contributed by atoms with E-state index in [1.165, 1.54) is 30.6 Å². The molecule has 0 spiro atoms. The number of aromatic nitrogens is 4. The van der Waals surface area contributed by atoms with Crippen molar-refractivity contribution in [1.82, 2.24) is 29.7 Å². The smallest absolute Gasteiger partial charge is 0.147 e. The van der Waals surface area contributed by atoms with E-state index in [1.807, 2.05) is 12.4 Å². The van der Waals surface area contributed by atoms with Crippen LogP contribution in [0.1, 0.15) is 25.1 Å². The van der Waals surface area contributed by atoms with E-state index in [4.69, 9.17) is 9.97 Å². The number of hydrogen-bond donors (Lipinski definition) is 1. The molecule has 1 aliphatic carbocycles. The first kappa shape index (κ1) is 18.3. The molecule has 2 fully saturated rings. The van der Waals surface area contributed by atoms with Crippen molar-refractivity contribution in [1.29, 1.82) is 0 Å². The first-order chi connectivity index (χ1) is 14.8. The second-order valence-corrected chi connectivity index (χ2v) is 8.75. The van der Waals surface area contributed by atoms with Gasteiger partial charge in [-0.2, -0.15) is 0 Å². The standard InChI is InChI=1S/C23H29N7/c1-2-18(3-1)28-9-6-22-27-19-14-17(4-5-21(19)30(22)13-12-28)20-15-26-23(16-25-20)29-10-7-24-8-11-29/h4-5,14-16,18,24H,1-3,6-13H2. The lowest BCUT2D eigenvalue weighted by Gasteiger charge is -2.36. The lowest BCUT2D eigenvalue weighted by Crippen LogP contribution is -2.43. The van der Waals surface area contributed by atoms with Crippen molar-refractivity contribution >= 4 is 16.9 Å². The maximum absolute atomic E-state index is 5.00. The van der Waals surface area contributed by atoms with Gasteiger partial charge in [0.1, 0.15) is 11.6 Å². The van der Waals surface area contributed by atoms with E-state index in [0.717, 1.165) is 80.9 Å². The molecule has 2 aliphatic heterocycles. The minimum Gasteiger partial charge on any atom is -0.353 e. The predicted molar refractivity (Wildman–Crippen MR) is 119 cm³/mol. The second kappa shape index (κ2) is 7.63. The molecular weight excluding hydrogens is 374 g/mol. The molecule has 2 aromatic heterocycles. The monoisotopic (exact) mass is 403 g/mol. The fraction of sp³-hybridized carbons (Fsp3) is 0.522. The van der Waals surface area contributed by atoms with Gasteiger partial charge in [-0.3, -0.25) is 9.88 Å². The Balaban J connectivity index is 1.24. The largest absolute Gasteiger partial charge is 0.353 e. The number of hydrogen-bond acceptors (Lipinski definition) is 6. The first-order valence-corrected chi connectivity index (χ1v) is 11.4. The number of piperazine rings is 1. The zero-order chi connectivity index (χ0) is 19.9. The zero-order valence-corrected chi connectivity index (χ0v) is 17.4. The highest BCUT2D eigenvalue weighted by Gasteiger charge is 2.27. The highest BCUT2D eigenvalue weighted by atomic mass is 15.2. The SMILES string of the molecule is c1cc2c(cc1-c1cnc(N3CCNCC3)cn1)nc1n2CCN(C2CCC2)CC1. The minimum atomic E-state index is 0.815. The molecule has 3 aromatic rings. The van der Waals surface area contributed by atoms with Crippen molar-refractivity contribution in [2.75, 3.05) is 44.2 Å². The minimum absolute atomic E-state index is 0.815. The van der Waals surface area contributed by atoms with Gasteiger partial charge in [-0.25, -0.2) is 9.97 Å². The molecule has 0 unspecified atom stereocenters. The summed E-state index contributed by atoms with van der Waals surface area (Å²) in [5, 5.41) is 3.38. The Hall–Kier alpha value is -2.51. The van der Waals surface area contributed by atoms with Gasteiger partial charge in [-0.1, -0.05) is 12.5 Å².